The lowest BCUT2D eigenvalue weighted by molar-refractivity contribution is -0.683. The lowest BCUT2D eigenvalue weighted by Gasteiger charge is -2.46. The van der Waals surface area contributed by atoms with Crippen molar-refractivity contribution in [3.8, 4) is 0 Å². The van der Waals surface area contributed by atoms with E-state index >= 15 is 0 Å². The van der Waals surface area contributed by atoms with Gasteiger partial charge in [0.15, 0.2) is 18.1 Å². The number of aromatic nitrogens is 2. The third-order valence-electron chi connectivity index (χ3n) is 12.9. The standard InChI is InChI=1S/C32H12BF24.C23H17N2O2/c34-25(35,36)13-1-14(26(37,38)39)6-21(5-13)33(22-7-15(27(40,41)42)2-16(8-22)28(43,44)45,23-9-17(29(46,47)48)3-18(10-23)30(49,50)51)24-11-19(31(52,53)54)4-20(12-24)32(55,56)57;26-22(18-8-2-1-3-9-18)16-25-14-13-24-21(15-25)23(27)20-12-6-10-17-7-4-5-11-19(17)20/h1-12H;1-15H,16H2/q-1;+1. The van der Waals surface area contributed by atoms with Crippen molar-refractivity contribution in [3.63, 3.8) is 0 Å². The molecular weight excluding hydrogens is 1190 g/mol. The minimum atomic E-state index is -6.13. The van der Waals surface area contributed by atoms with E-state index in [0.717, 1.165) is 10.8 Å². The highest BCUT2D eigenvalue weighted by Gasteiger charge is 2.47. The molecule has 0 bridgehead atoms. The second-order valence-electron chi connectivity index (χ2n) is 18.5. The first kappa shape index (κ1) is 63.2. The summed E-state index contributed by atoms with van der Waals surface area (Å²) >= 11 is 0. The third kappa shape index (κ3) is 14.0. The van der Waals surface area contributed by atoms with Crippen molar-refractivity contribution in [2.45, 2.75) is 56.0 Å². The number of benzene rings is 7. The van der Waals surface area contributed by atoms with Crippen molar-refractivity contribution in [3.05, 3.63) is 226 Å². The van der Waals surface area contributed by atoms with Gasteiger partial charge in [-0.05, 0) is 35.0 Å². The zero-order valence-corrected chi connectivity index (χ0v) is 41.2. The van der Waals surface area contributed by atoms with E-state index in [4.69, 9.17) is 0 Å². The van der Waals surface area contributed by atoms with Crippen LogP contribution in [0.1, 0.15) is 70.9 Å². The minimum absolute atomic E-state index is 0.0182. The van der Waals surface area contributed by atoms with Crippen LogP contribution < -0.4 is 26.4 Å². The van der Waals surface area contributed by atoms with E-state index in [1.165, 1.54) is 0 Å². The van der Waals surface area contributed by atoms with Gasteiger partial charge in [-0.15, -0.1) is 0 Å². The molecule has 0 radical (unpaired) electrons. The van der Waals surface area contributed by atoms with Crippen LogP contribution >= 0.6 is 0 Å². The molecule has 29 heteroatoms. The zero-order valence-electron chi connectivity index (χ0n) is 41.2. The largest absolute Gasteiger partial charge is 0.416 e. The Morgan fingerprint density at radius 3 is 1.02 bits per heavy atom. The van der Waals surface area contributed by atoms with Crippen molar-refractivity contribution >= 4 is 50.3 Å². The number of hydrogen-bond donors (Lipinski definition) is 0. The maximum atomic E-state index is 14.2. The van der Waals surface area contributed by atoms with E-state index < -0.39 is 195 Å². The number of hydrogen-bond acceptors (Lipinski definition) is 3. The zero-order chi connectivity index (χ0) is 62.6. The van der Waals surface area contributed by atoms with E-state index in [0.29, 0.717) is 16.8 Å². The van der Waals surface area contributed by atoms with Crippen LogP contribution in [0.4, 0.5) is 105 Å². The molecule has 442 valence electrons. The highest BCUT2D eigenvalue weighted by Crippen LogP contribution is 2.41. The molecule has 0 amide bonds. The van der Waals surface area contributed by atoms with Gasteiger partial charge >= 0.3 is 49.4 Å². The second kappa shape index (κ2) is 22.3. The molecule has 0 aliphatic heterocycles. The average molecular weight is 1220 g/mol. The number of fused-ring (bicyclic) bond motifs is 1. The summed E-state index contributed by atoms with van der Waals surface area (Å²) < 4.78 is 343. The first-order chi connectivity index (χ1) is 38.5. The molecule has 0 unspecified atom stereocenters. The topological polar surface area (TPSA) is 50.9 Å². The maximum absolute atomic E-state index is 14.2. The maximum Gasteiger partial charge on any atom is 0.416 e. The normalized spacial score (nSPS) is 13.1. The molecule has 8 aromatic rings. The number of Topliss-reactive ketones (excluding diaryl/α,β-unsaturated/α-hetero) is 1. The molecule has 0 spiro atoms. The van der Waals surface area contributed by atoms with Crippen LogP contribution in [0.2, 0.25) is 0 Å². The number of carbonyl (C=O) groups is 2. The Balaban J connectivity index is 0.000000309. The predicted octanol–water partition coefficient (Wildman–Crippen LogP) is 14.9. The van der Waals surface area contributed by atoms with E-state index in [1.54, 1.807) is 41.4 Å². The summed E-state index contributed by atoms with van der Waals surface area (Å²) in [4.78, 5) is 29.6. The molecule has 1 heterocycles. The average Bonchev–Trinajstić information content (AvgIpc) is 1.03. The Morgan fingerprint density at radius 1 is 0.381 bits per heavy atom. The molecule has 0 saturated carbocycles. The van der Waals surface area contributed by atoms with Crippen LogP contribution in [0.3, 0.4) is 0 Å². The molecule has 0 aliphatic rings. The van der Waals surface area contributed by atoms with Gasteiger partial charge in [-0.25, -0.2) is 4.98 Å². The van der Waals surface area contributed by atoms with Crippen LogP contribution in [0.25, 0.3) is 10.8 Å². The van der Waals surface area contributed by atoms with Gasteiger partial charge < -0.3 is 0 Å². The number of alkyl halides is 24. The Kier molecular flexibility index (Phi) is 16.8. The van der Waals surface area contributed by atoms with Crippen molar-refractivity contribution in [1.82, 2.24) is 4.98 Å². The molecular formula is C55H29BF24N2O2. The molecule has 0 N–H and O–H groups in total. The summed E-state index contributed by atoms with van der Waals surface area (Å²) in [6.45, 7) is 0.155. The summed E-state index contributed by atoms with van der Waals surface area (Å²) in [5.41, 5.74) is -28.6. The summed E-state index contributed by atoms with van der Waals surface area (Å²) in [5.74, 6) is -0.177. The van der Waals surface area contributed by atoms with E-state index in [2.05, 4.69) is 4.98 Å². The van der Waals surface area contributed by atoms with E-state index in [1.807, 2.05) is 54.6 Å². The van der Waals surface area contributed by atoms with Crippen LogP contribution in [0.15, 0.2) is 164 Å². The highest BCUT2D eigenvalue weighted by molar-refractivity contribution is 7.20. The van der Waals surface area contributed by atoms with Gasteiger partial charge in [0.1, 0.15) is 6.15 Å². The van der Waals surface area contributed by atoms with Gasteiger partial charge in [-0.3, -0.25) is 9.59 Å². The number of rotatable bonds is 9. The Bertz CT molecular complexity index is 3320. The molecule has 0 fully saturated rings. The Hall–Kier alpha value is -8.40. The summed E-state index contributed by atoms with van der Waals surface area (Å²) in [6, 6.07) is 13.7. The molecule has 7 aromatic carbocycles. The van der Waals surface area contributed by atoms with Crippen molar-refractivity contribution in [2.24, 2.45) is 0 Å². The summed E-state index contributed by atoms with van der Waals surface area (Å²) in [6.07, 6.45) is -49.9. The van der Waals surface area contributed by atoms with Crippen molar-refractivity contribution < 1.29 is 120 Å². The molecule has 0 aliphatic carbocycles. The molecule has 4 nitrogen and oxygen atoms in total. The van der Waals surface area contributed by atoms with Crippen LogP contribution in [0.5, 0.6) is 0 Å². The Labute approximate surface area is 455 Å². The van der Waals surface area contributed by atoms with Crippen LogP contribution in [0, 0.1) is 0 Å². The van der Waals surface area contributed by atoms with Crippen LogP contribution in [-0.4, -0.2) is 22.7 Å². The second-order valence-corrected chi connectivity index (χ2v) is 18.5. The minimum Gasteiger partial charge on any atom is -0.287 e. The molecule has 1 aromatic heterocycles. The van der Waals surface area contributed by atoms with Crippen molar-refractivity contribution in [1.29, 1.82) is 0 Å². The number of halogens is 24. The third-order valence-corrected chi connectivity index (χ3v) is 12.9. The van der Waals surface area contributed by atoms with Gasteiger partial charge in [0.25, 0.3) is 0 Å². The Morgan fingerprint density at radius 2 is 0.690 bits per heavy atom. The fraction of sp³-hybridized carbons (Fsp3) is 0.164. The van der Waals surface area contributed by atoms with Gasteiger partial charge in [-0.1, -0.05) is 121 Å². The van der Waals surface area contributed by atoms with Gasteiger partial charge in [0.2, 0.25) is 18.1 Å². The smallest absolute Gasteiger partial charge is 0.287 e. The lowest BCUT2D eigenvalue weighted by atomic mass is 9.12. The van der Waals surface area contributed by atoms with Crippen LogP contribution in [-0.2, 0) is 56.0 Å². The quantitative estimate of drug-likeness (QED) is 0.0626. The summed E-state index contributed by atoms with van der Waals surface area (Å²) in [7, 11) is 0. The number of carbonyl (C=O) groups excluding carboxylic acids is 2. The van der Waals surface area contributed by atoms with E-state index in [-0.39, 0.29) is 18.1 Å². The van der Waals surface area contributed by atoms with Gasteiger partial charge in [-0.2, -0.15) is 132 Å². The highest BCUT2D eigenvalue weighted by atomic mass is 19.4. The number of nitrogens with zero attached hydrogens (tertiary/aromatic N) is 2. The lowest BCUT2D eigenvalue weighted by Crippen LogP contribution is -2.75. The number of ketones is 2. The summed E-state index contributed by atoms with van der Waals surface area (Å²) in [5, 5.41) is 1.90. The van der Waals surface area contributed by atoms with Gasteiger partial charge in [0, 0.05) is 11.1 Å². The molecule has 8 rings (SSSR count). The monoisotopic (exact) mass is 1220 g/mol. The molecule has 0 atom stereocenters. The fourth-order valence-electron chi connectivity index (χ4n) is 9.16. The first-order valence-corrected chi connectivity index (χ1v) is 23.3. The fourth-order valence-corrected chi connectivity index (χ4v) is 9.16. The molecule has 84 heavy (non-hydrogen) atoms. The SMILES string of the molecule is FC(F)(F)c1cc([B-](c2cc(C(F)(F)F)cc(C(F)(F)F)c2)(c2cc(C(F)(F)F)cc(C(F)(F)F)c2)c2cc(C(F)(F)F)cc(C(F)(F)F)c2)cc(C(F)(F)F)c1.O=C(C[n+]1ccnc(C(=O)c2cccc3ccccc23)c1)c1ccccc1. The first-order valence-electron chi connectivity index (χ1n) is 23.3. The molecule has 0 saturated heterocycles. The van der Waals surface area contributed by atoms with Crippen molar-refractivity contribution in [2.75, 3.05) is 0 Å². The van der Waals surface area contributed by atoms with Gasteiger partial charge in [0.05, 0.1) is 50.7 Å². The van der Waals surface area contributed by atoms with E-state index in [9.17, 15) is 115 Å². The predicted molar refractivity (Wildman–Crippen MR) is 253 cm³/mol.